The van der Waals surface area contributed by atoms with Crippen LogP contribution in [0.5, 0.6) is 0 Å². The minimum Gasteiger partial charge on any atom is -0.308 e. The van der Waals surface area contributed by atoms with Gasteiger partial charge in [-0.05, 0) is 30.3 Å². The van der Waals surface area contributed by atoms with Crippen LogP contribution in [0.1, 0.15) is 0 Å². The molecule has 0 bridgehead atoms. The van der Waals surface area contributed by atoms with E-state index in [2.05, 4.69) is 31.8 Å². The van der Waals surface area contributed by atoms with Gasteiger partial charge in [-0.2, -0.15) is 0 Å². The van der Waals surface area contributed by atoms with Crippen LogP contribution in [0.25, 0.3) is 0 Å². The molecular formula is C16H18Cl2N3O+. The molecule has 4 nitrogen and oxygen atoms in total. The molecule has 2 rings (SSSR count). The molecule has 2 amide bonds. The van der Waals surface area contributed by atoms with Crippen LogP contribution in [0.2, 0.25) is 10.0 Å². The Hall–Kier alpha value is -1.75. The van der Waals surface area contributed by atoms with Crippen molar-refractivity contribution < 1.29 is 4.79 Å². The van der Waals surface area contributed by atoms with Crippen LogP contribution in [0.4, 0.5) is 21.9 Å². The summed E-state index contributed by atoms with van der Waals surface area (Å²) < 4.78 is 0.718. The van der Waals surface area contributed by atoms with E-state index in [1.54, 1.807) is 18.2 Å². The van der Waals surface area contributed by atoms with Gasteiger partial charge in [0.1, 0.15) is 5.69 Å². The number of quaternary nitrogens is 1. The summed E-state index contributed by atoms with van der Waals surface area (Å²) in [6.07, 6.45) is 0. The van der Waals surface area contributed by atoms with Gasteiger partial charge in [0.15, 0.2) is 0 Å². The molecule has 22 heavy (non-hydrogen) atoms. The SMILES string of the molecule is C[N+](C)(C)c1ccc(NC(=O)Nc2ccc(Cl)c(Cl)c2)cc1. The van der Waals surface area contributed by atoms with E-state index in [0.29, 0.717) is 15.7 Å². The molecule has 0 saturated carbocycles. The first kappa shape index (κ1) is 16.6. The summed E-state index contributed by atoms with van der Waals surface area (Å²) in [7, 11) is 6.25. The van der Waals surface area contributed by atoms with Crippen molar-refractivity contribution in [3.8, 4) is 0 Å². The first-order chi connectivity index (χ1) is 10.3. The zero-order valence-electron chi connectivity index (χ0n) is 12.7. The van der Waals surface area contributed by atoms with Gasteiger partial charge < -0.3 is 10.6 Å². The molecule has 0 atom stereocenters. The Morgan fingerprint density at radius 3 is 1.95 bits per heavy atom. The molecule has 116 valence electrons. The molecule has 0 aliphatic heterocycles. The molecule has 0 radical (unpaired) electrons. The second kappa shape index (κ2) is 6.57. The molecule has 0 unspecified atom stereocenters. The predicted molar refractivity (Wildman–Crippen MR) is 95.1 cm³/mol. The van der Waals surface area contributed by atoms with Crippen molar-refractivity contribution in [1.82, 2.24) is 4.48 Å². The van der Waals surface area contributed by atoms with E-state index in [-0.39, 0.29) is 6.03 Å². The zero-order chi connectivity index (χ0) is 16.3. The standard InChI is InChI=1S/C16H17Cl2N3O/c1-21(2,3)13-7-4-11(5-8-13)19-16(22)20-12-6-9-14(17)15(18)10-12/h4-10H,1-3H3,(H-,19,20,22)/p+1. The van der Waals surface area contributed by atoms with Gasteiger partial charge in [-0.1, -0.05) is 23.2 Å². The number of amides is 2. The van der Waals surface area contributed by atoms with Crippen molar-refractivity contribution in [2.45, 2.75) is 0 Å². The fourth-order valence-corrected chi connectivity index (χ4v) is 2.16. The zero-order valence-corrected chi connectivity index (χ0v) is 14.2. The Labute approximate surface area is 140 Å². The lowest BCUT2D eigenvalue weighted by atomic mass is 10.2. The largest absolute Gasteiger partial charge is 0.323 e. The minimum absolute atomic E-state index is 0.337. The fourth-order valence-electron chi connectivity index (χ4n) is 1.86. The minimum atomic E-state index is -0.337. The van der Waals surface area contributed by atoms with Crippen molar-refractivity contribution in [2.24, 2.45) is 0 Å². The van der Waals surface area contributed by atoms with E-state index in [9.17, 15) is 4.79 Å². The Morgan fingerprint density at radius 2 is 1.41 bits per heavy atom. The molecule has 2 aromatic carbocycles. The topological polar surface area (TPSA) is 41.1 Å². The van der Waals surface area contributed by atoms with Crippen LogP contribution < -0.4 is 15.1 Å². The number of urea groups is 1. The molecule has 0 aliphatic carbocycles. The number of carbonyl (C=O) groups is 1. The van der Waals surface area contributed by atoms with Crippen LogP contribution in [0, 0.1) is 0 Å². The smallest absolute Gasteiger partial charge is 0.308 e. The molecule has 0 fully saturated rings. The molecule has 6 heteroatoms. The first-order valence-corrected chi connectivity index (χ1v) is 7.46. The number of benzene rings is 2. The third-order valence-electron chi connectivity index (χ3n) is 3.08. The van der Waals surface area contributed by atoms with Crippen LogP contribution in [0.3, 0.4) is 0 Å². The van der Waals surface area contributed by atoms with Crippen LogP contribution in [0.15, 0.2) is 42.5 Å². The maximum atomic E-state index is 12.0. The number of carbonyl (C=O) groups excluding carboxylic acids is 1. The lowest BCUT2D eigenvalue weighted by Gasteiger charge is -2.23. The molecule has 2 aromatic rings. The van der Waals surface area contributed by atoms with Crippen molar-refractivity contribution in [3.05, 3.63) is 52.5 Å². The quantitative estimate of drug-likeness (QED) is 0.773. The van der Waals surface area contributed by atoms with Crippen LogP contribution in [-0.2, 0) is 0 Å². The van der Waals surface area contributed by atoms with Crippen molar-refractivity contribution in [3.63, 3.8) is 0 Å². The predicted octanol–water partition coefficient (Wildman–Crippen LogP) is 4.83. The third-order valence-corrected chi connectivity index (χ3v) is 3.82. The highest BCUT2D eigenvalue weighted by atomic mass is 35.5. The maximum absolute atomic E-state index is 12.0. The van der Waals surface area contributed by atoms with Gasteiger partial charge in [-0.25, -0.2) is 4.79 Å². The van der Waals surface area contributed by atoms with E-state index in [1.165, 1.54) is 0 Å². The van der Waals surface area contributed by atoms with Crippen molar-refractivity contribution in [2.75, 3.05) is 31.8 Å². The van der Waals surface area contributed by atoms with E-state index in [1.807, 2.05) is 24.3 Å². The average molecular weight is 339 g/mol. The fraction of sp³-hybridized carbons (Fsp3) is 0.188. The van der Waals surface area contributed by atoms with Gasteiger partial charge in [0.25, 0.3) is 0 Å². The number of anilines is 2. The summed E-state index contributed by atoms with van der Waals surface area (Å²) in [6.45, 7) is 0. The Bertz CT molecular complexity index is 679. The van der Waals surface area contributed by atoms with E-state index >= 15 is 0 Å². The Balaban J connectivity index is 2.01. The molecule has 0 heterocycles. The normalized spacial score (nSPS) is 11.1. The number of nitrogens with one attached hydrogen (secondary N) is 2. The Morgan fingerprint density at radius 1 is 0.864 bits per heavy atom. The summed E-state index contributed by atoms with van der Waals surface area (Å²) in [5.41, 5.74) is 2.44. The highest BCUT2D eigenvalue weighted by molar-refractivity contribution is 6.42. The molecule has 2 N–H and O–H groups in total. The summed E-state index contributed by atoms with van der Waals surface area (Å²) >= 11 is 11.7. The first-order valence-electron chi connectivity index (χ1n) is 6.71. The van der Waals surface area contributed by atoms with E-state index in [4.69, 9.17) is 23.2 Å². The summed E-state index contributed by atoms with van der Waals surface area (Å²) in [6, 6.07) is 12.3. The lowest BCUT2D eigenvalue weighted by molar-refractivity contribution is 0.262. The van der Waals surface area contributed by atoms with Crippen molar-refractivity contribution in [1.29, 1.82) is 0 Å². The second-order valence-corrected chi connectivity index (χ2v) is 6.58. The molecule has 0 aliphatic rings. The molecule has 0 aromatic heterocycles. The van der Waals surface area contributed by atoms with Gasteiger partial charge >= 0.3 is 6.03 Å². The molecular weight excluding hydrogens is 321 g/mol. The molecule has 0 spiro atoms. The molecule has 0 saturated heterocycles. The summed E-state index contributed by atoms with van der Waals surface area (Å²) in [5, 5.41) is 6.32. The third kappa shape index (κ3) is 4.37. The monoisotopic (exact) mass is 338 g/mol. The van der Waals surface area contributed by atoms with Gasteiger partial charge in [-0.3, -0.25) is 4.48 Å². The number of rotatable bonds is 3. The summed E-state index contributed by atoms with van der Waals surface area (Å²) in [4.78, 5) is 12.0. The van der Waals surface area contributed by atoms with Gasteiger partial charge in [0.05, 0.1) is 31.2 Å². The number of hydrogen-bond donors (Lipinski definition) is 2. The van der Waals surface area contributed by atoms with Crippen LogP contribution in [-0.4, -0.2) is 27.2 Å². The van der Waals surface area contributed by atoms with Gasteiger partial charge in [0.2, 0.25) is 0 Å². The number of halogens is 2. The number of hydrogen-bond acceptors (Lipinski definition) is 1. The maximum Gasteiger partial charge on any atom is 0.323 e. The lowest BCUT2D eigenvalue weighted by Crippen LogP contribution is -2.34. The van der Waals surface area contributed by atoms with Gasteiger partial charge in [0, 0.05) is 23.5 Å². The van der Waals surface area contributed by atoms with Crippen LogP contribution >= 0.6 is 23.2 Å². The highest BCUT2D eigenvalue weighted by Gasteiger charge is 2.11. The Kier molecular flexibility index (Phi) is 4.96. The highest BCUT2D eigenvalue weighted by Crippen LogP contribution is 2.25. The number of nitrogens with zero attached hydrogens (tertiary/aromatic N) is 1. The van der Waals surface area contributed by atoms with E-state index < -0.39 is 0 Å². The average Bonchev–Trinajstić information content (AvgIpc) is 2.42. The second-order valence-electron chi connectivity index (χ2n) is 5.77. The van der Waals surface area contributed by atoms with Gasteiger partial charge in [-0.15, -0.1) is 0 Å². The van der Waals surface area contributed by atoms with E-state index in [0.717, 1.165) is 15.9 Å². The van der Waals surface area contributed by atoms with Crippen molar-refractivity contribution >= 4 is 46.3 Å². The summed E-state index contributed by atoms with van der Waals surface area (Å²) in [5.74, 6) is 0.